The highest BCUT2D eigenvalue weighted by Gasteiger charge is 2.20. The number of likely N-dealkylation sites (N-methyl/N-ethyl adjacent to an activating group) is 1. The van der Waals surface area contributed by atoms with E-state index in [1.54, 1.807) is 10.8 Å². The third-order valence-corrected chi connectivity index (χ3v) is 4.30. The van der Waals surface area contributed by atoms with Gasteiger partial charge in [-0.25, -0.2) is 4.98 Å². The molecule has 8 nitrogen and oxygen atoms in total. The maximum atomic E-state index is 11.8. The standard InChI is InChI=1S/C16H25N7O/c1-3-13-10-15(23-16(20-13)18-12-19-23)22-7-5-6-21(8-9-22)11-14(24)17-4-2/h10,12H,3-9,11H2,1-2H3,(H,17,24). The number of hydrogen-bond donors (Lipinski definition) is 1. The molecule has 0 spiro atoms. The maximum absolute atomic E-state index is 11.8. The number of nitrogens with one attached hydrogen (secondary N) is 1. The largest absolute Gasteiger partial charge is 0.355 e. The van der Waals surface area contributed by atoms with Crippen LogP contribution in [-0.2, 0) is 11.2 Å². The Morgan fingerprint density at radius 3 is 2.92 bits per heavy atom. The number of rotatable bonds is 5. The van der Waals surface area contributed by atoms with Crippen molar-refractivity contribution in [3.05, 3.63) is 18.1 Å². The number of anilines is 1. The second kappa shape index (κ2) is 7.57. The fourth-order valence-electron chi connectivity index (χ4n) is 3.06. The molecular formula is C16H25N7O. The van der Waals surface area contributed by atoms with E-state index in [2.05, 4.69) is 43.2 Å². The maximum Gasteiger partial charge on any atom is 0.254 e. The third kappa shape index (κ3) is 3.64. The molecule has 0 atom stereocenters. The van der Waals surface area contributed by atoms with Gasteiger partial charge in [-0.2, -0.15) is 14.6 Å². The molecule has 1 amide bonds. The molecule has 0 bridgehead atoms. The monoisotopic (exact) mass is 331 g/mol. The zero-order valence-electron chi connectivity index (χ0n) is 14.4. The van der Waals surface area contributed by atoms with Crippen molar-refractivity contribution in [2.75, 3.05) is 44.2 Å². The van der Waals surface area contributed by atoms with Crippen molar-refractivity contribution in [2.45, 2.75) is 26.7 Å². The first-order valence-electron chi connectivity index (χ1n) is 8.65. The highest BCUT2D eigenvalue weighted by Crippen LogP contribution is 2.18. The molecule has 130 valence electrons. The van der Waals surface area contributed by atoms with Crippen molar-refractivity contribution in [3.8, 4) is 0 Å². The van der Waals surface area contributed by atoms with Gasteiger partial charge in [0.15, 0.2) is 0 Å². The number of hydrogen-bond acceptors (Lipinski definition) is 6. The third-order valence-electron chi connectivity index (χ3n) is 4.30. The molecule has 3 rings (SSSR count). The predicted molar refractivity (Wildman–Crippen MR) is 92.1 cm³/mol. The Hall–Kier alpha value is -2.22. The Morgan fingerprint density at radius 1 is 1.25 bits per heavy atom. The average Bonchev–Trinajstić information content (AvgIpc) is 2.93. The molecule has 1 aliphatic rings. The zero-order chi connectivity index (χ0) is 16.9. The molecule has 1 N–H and O–H groups in total. The van der Waals surface area contributed by atoms with Crippen molar-refractivity contribution in [3.63, 3.8) is 0 Å². The van der Waals surface area contributed by atoms with Gasteiger partial charge in [-0.05, 0) is 19.8 Å². The van der Waals surface area contributed by atoms with Gasteiger partial charge in [0.05, 0.1) is 6.54 Å². The number of aryl methyl sites for hydroxylation is 1. The minimum atomic E-state index is 0.0989. The second-order valence-corrected chi connectivity index (χ2v) is 6.00. The van der Waals surface area contributed by atoms with Gasteiger partial charge in [0, 0.05) is 44.5 Å². The highest BCUT2D eigenvalue weighted by atomic mass is 16.2. The summed E-state index contributed by atoms with van der Waals surface area (Å²) in [6.07, 6.45) is 3.43. The van der Waals surface area contributed by atoms with Crippen LogP contribution in [-0.4, -0.2) is 69.7 Å². The molecule has 1 saturated heterocycles. The summed E-state index contributed by atoms with van der Waals surface area (Å²) in [7, 11) is 0. The van der Waals surface area contributed by atoms with Crippen molar-refractivity contribution in [1.82, 2.24) is 29.8 Å². The van der Waals surface area contributed by atoms with E-state index >= 15 is 0 Å². The average molecular weight is 331 g/mol. The first-order chi connectivity index (χ1) is 11.7. The molecule has 1 aliphatic heterocycles. The van der Waals surface area contributed by atoms with E-state index in [0.29, 0.717) is 18.9 Å². The van der Waals surface area contributed by atoms with Gasteiger partial charge in [0.1, 0.15) is 12.1 Å². The number of nitrogens with zero attached hydrogens (tertiary/aromatic N) is 6. The minimum absolute atomic E-state index is 0.0989. The lowest BCUT2D eigenvalue weighted by Gasteiger charge is -2.24. The molecule has 24 heavy (non-hydrogen) atoms. The van der Waals surface area contributed by atoms with Gasteiger partial charge in [-0.1, -0.05) is 6.92 Å². The summed E-state index contributed by atoms with van der Waals surface area (Å²) < 4.78 is 1.80. The Balaban J connectivity index is 1.74. The van der Waals surface area contributed by atoms with Crippen LogP contribution >= 0.6 is 0 Å². The normalized spacial score (nSPS) is 16.3. The summed E-state index contributed by atoms with van der Waals surface area (Å²) in [5, 5.41) is 7.18. The SMILES string of the molecule is CCNC(=O)CN1CCCN(c2cc(CC)nc3ncnn23)CC1. The van der Waals surface area contributed by atoms with Gasteiger partial charge in [-0.3, -0.25) is 9.69 Å². The highest BCUT2D eigenvalue weighted by molar-refractivity contribution is 5.77. The summed E-state index contributed by atoms with van der Waals surface area (Å²) in [4.78, 5) is 25.1. The minimum Gasteiger partial charge on any atom is -0.355 e. The summed E-state index contributed by atoms with van der Waals surface area (Å²) in [6.45, 7) is 8.78. The predicted octanol–water partition coefficient (Wildman–Crippen LogP) is 0.335. The van der Waals surface area contributed by atoms with Gasteiger partial charge in [-0.15, -0.1) is 0 Å². The lowest BCUT2D eigenvalue weighted by Crippen LogP contribution is -2.39. The number of fused-ring (bicyclic) bond motifs is 1. The second-order valence-electron chi connectivity index (χ2n) is 6.00. The van der Waals surface area contributed by atoms with Crippen LogP contribution in [0.3, 0.4) is 0 Å². The Morgan fingerprint density at radius 2 is 2.12 bits per heavy atom. The molecule has 1 fully saturated rings. The van der Waals surface area contributed by atoms with Crippen molar-refractivity contribution < 1.29 is 4.79 Å². The van der Waals surface area contributed by atoms with Crippen molar-refractivity contribution in [2.24, 2.45) is 0 Å². The van der Waals surface area contributed by atoms with Crippen LogP contribution in [0.4, 0.5) is 5.82 Å². The first kappa shape index (κ1) is 16.6. The van der Waals surface area contributed by atoms with Crippen LogP contribution in [0, 0.1) is 0 Å². The first-order valence-corrected chi connectivity index (χ1v) is 8.65. The van der Waals surface area contributed by atoms with E-state index in [1.165, 1.54) is 0 Å². The number of carbonyl (C=O) groups excluding carboxylic acids is 1. The molecule has 0 aromatic carbocycles. The number of carbonyl (C=O) groups is 1. The fraction of sp³-hybridized carbons (Fsp3) is 0.625. The van der Waals surface area contributed by atoms with E-state index in [9.17, 15) is 4.79 Å². The van der Waals surface area contributed by atoms with Gasteiger partial charge < -0.3 is 10.2 Å². The van der Waals surface area contributed by atoms with Crippen LogP contribution in [0.25, 0.3) is 5.78 Å². The molecule has 0 radical (unpaired) electrons. The lowest BCUT2D eigenvalue weighted by molar-refractivity contribution is -0.122. The van der Waals surface area contributed by atoms with Crippen LogP contribution < -0.4 is 10.2 Å². The van der Waals surface area contributed by atoms with E-state index in [1.807, 2.05) is 6.92 Å². The molecule has 2 aromatic rings. The number of aromatic nitrogens is 4. The van der Waals surface area contributed by atoms with Gasteiger partial charge >= 0.3 is 0 Å². The summed E-state index contributed by atoms with van der Waals surface area (Å²) >= 11 is 0. The smallest absolute Gasteiger partial charge is 0.254 e. The topological polar surface area (TPSA) is 78.7 Å². The van der Waals surface area contributed by atoms with Crippen molar-refractivity contribution >= 4 is 17.5 Å². The van der Waals surface area contributed by atoms with Crippen LogP contribution in [0.5, 0.6) is 0 Å². The van der Waals surface area contributed by atoms with Crippen LogP contribution in [0.15, 0.2) is 12.4 Å². The van der Waals surface area contributed by atoms with E-state index in [-0.39, 0.29) is 5.91 Å². The van der Waals surface area contributed by atoms with E-state index in [0.717, 1.165) is 50.5 Å². The Labute approximate surface area is 141 Å². The van der Waals surface area contributed by atoms with Gasteiger partial charge in [0.2, 0.25) is 5.91 Å². The Kier molecular flexibility index (Phi) is 5.24. The van der Waals surface area contributed by atoms with E-state index in [4.69, 9.17) is 0 Å². The molecule has 0 unspecified atom stereocenters. The molecule has 0 saturated carbocycles. The summed E-state index contributed by atoms with van der Waals surface area (Å²) in [5.74, 6) is 1.78. The Bertz CT molecular complexity index is 699. The zero-order valence-corrected chi connectivity index (χ0v) is 14.4. The van der Waals surface area contributed by atoms with E-state index < -0.39 is 0 Å². The molecule has 2 aromatic heterocycles. The lowest BCUT2D eigenvalue weighted by atomic mass is 10.3. The molecule has 8 heteroatoms. The molecule has 0 aliphatic carbocycles. The van der Waals surface area contributed by atoms with Crippen LogP contribution in [0.2, 0.25) is 0 Å². The summed E-state index contributed by atoms with van der Waals surface area (Å²) in [5.41, 5.74) is 1.02. The van der Waals surface area contributed by atoms with Crippen molar-refractivity contribution in [1.29, 1.82) is 0 Å². The molecule has 3 heterocycles. The quantitative estimate of drug-likeness (QED) is 0.851. The fourth-order valence-corrected chi connectivity index (χ4v) is 3.06. The van der Waals surface area contributed by atoms with Crippen LogP contribution in [0.1, 0.15) is 26.0 Å². The number of amides is 1. The van der Waals surface area contributed by atoms with Gasteiger partial charge in [0.25, 0.3) is 5.78 Å². The summed E-state index contributed by atoms with van der Waals surface area (Å²) in [6, 6.07) is 2.10. The molecular weight excluding hydrogens is 306 g/mol.